The van der Waals surface area contributed by atoms with Gasteiger partial charge in [0.25, 0.3) is 0 Å². The van der Waals surface area contributed by atoms with E-state index in [2.05, 4.69) is 23.5 Å². The summed E-state index contributed by atoms with van der Waals surface area (Å²) < 4.78 is 6.97. The first-order chi connectivity index (χ1) is 11.0. The monoisotopic (exact) mass is 322 g/mol. The average Bonchev–Trinajstić information content (AvgIpc) is 2.98. The van der Waals surface area contributed by atoms with Crippen LogP contribution in [0.15, 0.2) is 12.4 Å². The lowest BCUT2D eigenvalue weighted by atomic mass is 9.93. The molecule has 130 valence electrons. The molecule has 0 bridgehead atoms. The number of ether oxygens (including phenoxy) is 1. The van der Waals surface area contributed by atoms with Gasteiger partial charge in [0, 0.05) is 50.5 Å². The number of carbonyl (C=O) groups excluding carboxylic acids is 1. The predicted molar refractivity (Wildman–Crippen MR) is 89.9 cm³/mol. The van der Waals surface area contributed by atoms with Crippen molar-refractivity contribution < 1.29 is 9.53 Å². The third kappa shape index (κ3) is 5.04. The molecule has 6 heteroatoms. The Morgan fingerprint density at radius 3 is 2.96 bits per heavy atom. The highest BCUT2D eigenvalue weighted by molar-refractivity contribution is 5.78. The summed E-state index contributed by atoms with van der Waals surface area (Å²) in [6.45, 7) is 10.1. The summed E-state index contributed by atoms with van der Waals surface area (Å²) in [5, 5.41) is 7.96. The second-order valence-corrected chi connectivity index (χ2v) is 6.80. The third-order valence-electron chi connectivity index (χ3n) is 4.49. The van der Waals surface area contributed by atoms with E-state index in [9.17, 15) is 4.79 Å². The van der Waals surface area contributed by atoms with Gasteiger partial charge in [0.1, 0.15) is 0 Å². The molecule has 1 saturated heterocycles. The van der Waals surface area contributed by atoms with Crippen molar-refractivity contribution in [3.63, 3.8) is 0 Å². The number of piperidine rings is 1. The average molecular weight is 322 g/mol. The number of carbonyl (C=O) groups is 1. The molecule has 0 saturated carbocycles. The highest BCUT2D eigenvalue weighted by atomic mass is 16.5. The molecule has 1 fully saturated rings. The molecule has 6 nitrogen and oxygen atoms in total. The van der Waals surface area contributed by atoms with Crippen molar-refractivity contribution in [2.45, 2.75) is 46.3 Å². The predicted octanol–water partition coefficient (Wildman–Crippen LogP) is 1.51. The molecule has 1 aromatic rings. The molecule has 0 aromatic carbocycles. The molecule has 2 rings (SSSR count). The van der Waals surface area contributed by atoms with Gasteiger partial charge >= 0.3 is 0 Å². The lowest BCUT2D eigenvalue weighted by Crippen LogP contribution is -2.50. The topological polar surface area (TPSA) is 59.4 Å². The number of aromatic nitrogens is 2. The van der Waals surface area contributed by atoms with Crippen LogP contribution in [0.4, 0.5) is 0 Å². The van der Waals surface area contributed by atoms with Crippen molar-refractivity contribution in [2.75, 3.05) is 26.8 Å². The van der Waals surface area contributed by atoms with Gasteiger partial charge in [-0.05, 0) is 12.3 Å². The van der Waals surface area contributed by atoms with Crippen LogP contribution in [0.2, 0.25) is 0 Å². The van der Waals surface area contributed by atoms with E-state index < -0.39 is 0 Å². The van der Waals surface area contributed by atoms with Crippen LogP contribution in [0.25, 0.3) is 0 Å². The van der Waals surface area contributed by atoms with Crippen LogP contribution >= 0.6 is 0 Å². The van der Waals surface area contributed by atoms with E-state index in [0.717, 1.165) is 32.6 Å². The summed E-state index contributed by atoms with van der Waals surface area (Å²) in [5.41, 5.74) is 1.19. The summed E-state index contributed by atoms with van der Waals surface area (Å²) in [7, 11) is 1.70. The van der Waals surface area contributed by atoms with E-state index in [1.807, 2.05) is 29.6 Å². The highest BCUT2D eigenvalue weighted by Gasteiger charge is 2.29. The third-order valence-corrected chi connectivity index (χ3v) is 4.49. The van der Waals surface area contributed by atoms with Crippen LogP contribution in [-0.4, -0.2) is 53.4 Å². The SMILES string of the molecule is COCCn1cc(CN[C@H]2CCN(C(=O)C(C)C)C[C@@H]2C)cn1. The van der Waals surface area contributed by atoms with Gasteiger partial charge in [-0.2, -0.15) is 5.10 Å². The van der Waals surface area contributed by atoms with Crippen LogP contribution in [0.3, 0.4) is 0 Å². The molecule has 0 radical (unpaired) electrons. The van der Waals surface area contributed by atoms with E-state index in [0.29, 0.717) is 18.6 Å². The summed E-state index contributed by atoms with van der Waals surface area (Å²) in [4.78, 5) is 14.1. The Labute approximate surface area is 139 Å². The van der Waals surface area contributed by atoms with Crippen molar-refractivity contribution in [3.05, 3.63) is 18.0 Å². The summed E-state index contributed by atoms with van der Waals surface area (Å²) >= 11 is 0. The first-order valence-corrected chi connectivity index (χ1v) is 8.53. The van der Waals surface area contributed by atoms with Crippen LogP contribution in [0, 0.1) is 11.8 Å². The second kappa shape index (κ2) is 8.45. The fourth-order valence-electron chi connectivity index (χ4n) is 3.07. The standard InChI is InChI=1S/C17H30N4O2/c1-13(2)17(22)20-6-5-16(14(3)11-20)18-9-15-10-19-21(12-15)7-8-23-4/h10,12-14,16,18H,5-9,11H2,1-4H3/t14-,16-/m0/s1. The fourth-order valence-corrected chi connectivity index (χ4v) is 3.07. The number of amides is 1. The summed E-state index contributed by atoms with van der Waals surface area (Å²) in [6.07, 6.45) is 4.98. The van der Waals surface area contributed by atoms with Gasteiger partial charge in [0.2, 0.25) is 5.91 Å². The normalized spacial score (nSPS) is 21.9. The van der Waals surface area contributed by atoms with E-state index >= 15 is 0 Å². The maximum Gasteiger partial charge on any atom is 0.225 e. The van der Waals surface area contributed by atoms with Gasteiger partial charge in [-0.25, -0.2) is 0 Å². The smallest absolute Gasteiger partial charge is 0.225 e. The van der Waals surface area contributed by atoms with Gasteiger partial charge in [0.15, 0.2) is 0 Å². The van der Waals surface area contributed by atoms with Crippen molar-refractivity contribution in [2.24, 2.45) is 11.8 Å². The molecule has 2 heterocycles. The number of hydrogen-bond acceptors (Lipinski definition) is 4. The Hall–Kier alpha value is -1.40. The molecule has 0 spiro atoms. The zero-order chi connectivity index (χ0) is 16.8. The fraction of sp³-hybridized carbons (Fsp3) is 0.765. The van der Waals surface area contributed by atoms with Crippen LogP contribution in [-0.2, 0) is 22.6 Å². The number of likely N-dealkylation sites (tertiary alicyclic amines) is 1. The van der Waals surface area contributed by atoms with Crippen LogP contribution < -0.4 is 5.32 Å². The molecule has 1 aromatic heterocycles. The number of nitrogens with one attached hydrogen (secondary N) is 1. The summed E-state index contributed by atoms with van der Waals surface area (Å²) in [6, 6.07) is 0.452. The van der Waals surface area contributed by atoms with Crippen molar-refractivity contribution in [3.8, 4) is 0 Å². The summed E-state index contributed by atoms with van der Waals surface area (Å²) in [5.74, 6) is 0.828. The first-order valence-electron chi connectivity index (χ1n) is 8.53. The molecular weight excluding hydrogens is 292 g/mol. The van der Waals surface area contributed by atoms with Gasteiger partial charge in [-0.1, -0.05) is 20.8 Å². The molecule has 0 unspecified atom stereocenters. The maximum absolute atomic E-state index is 12.1. The minimum Gasteiger partial charge on any atom is -0.383 e. The molecule has 1 N–H and O–H groups in total. The highest BCUT2D eigenvalue weighted by Crippen LogP contribution is 2.19. The number of rotatable bonds is 7. The Bertz CT molecular complexity index is 501. The van der Waals surface area contributed by atoms with E-state index in [4.69, 9.17) is 4.74 Å². The second-order valence-electron chi connectivity index (χ2n) is 6.80. The zero-order valence-electron chi connectivity index (χ0n) is 14.8. The Morgan fingerprint density at radius 1 is 1.52 bits per heavy atom. The molecule has 0 aliphatic carbocycles. The van der Waals surface area contributed by atoms with Gasteiger partial charge < -0.3 is 15.0 Å². The molecule has 2 atom stereocenters. The van der Waals surface area contributed by atoms with Crippen LogP contribution in [0.1, 0.15) is 32.8 Å². The zero-order valence-corrected chi connectivity index (χ0v) is 14.8. The largest absolute Gasteiger partial charge is 0.383 e. The van der Waals surface area contributed by atoms with Crippen molar-refractivity contribution >= 4 is 5.91 Å². The van der Waals surface area contributed by atoms with Crippen molar-refractivity contribution in [1.29, 1.82) is 0 Å². The van der Waals surface area contributed by atoms with E-state index in [1.54, 1.807) is 7.11 Å². The van der Waals surface area contributed by atoms with E-state index in [-0.39, 0.29) is 11.8 Å². The lowest BCUT2D eigenvalue weighted by Gasteiger charge is -2.38. The Kier molecular flexibility index (Phi) is 6.59. The lowest BCUT2D eigenvalue weighted by molar-refractivity contribution is -0.136. The van der Waals surface area contributed by atoms with Gasteiger partial charge in [-0.15, -0.1) is 0 Å². The van der Waals surface area contributed by atoms with Crippen LogP contribution in [0.5, 0.6) is 0 Å². The molecular formula is C17H30N4O2. The number of hydrogen-bond donors (Lipinski definition) is 1. The molecule has 23 heavy (non-hydrogen) atoms. The maximum atomic E-state index is 12.1. The van der Waals surface area contributed by atoms with E-state index in [1.165, 1.54) is 5.56 Å². The quantitative estimate of drug-likeness (QED) is 0.827. The van der Waals surface area contributed by atoms with Crippen molar-refractivity contribution in [1.82, 2.24) is 20.0 Å². The number of methoxy groups -OCH3 is 1. The molecule has 1 amide bonds. The first kappa shape index (κ1) is 17.9. The minimum absolute atomic E-state index is 0.0876. The molecule has 1 aliphatic heterocycles. The minimum atomic E-state index is 0.0876. The van der Waals surface area contributed by atoms with Gasteiger partial charge in [0.05, 0.1) is 19.3 Å². The Morgan fingerprint density at radius 2 is 2.30 bits per heavy atom. The van der Waals surface area contributed by atoms with Gasteiger partial charge in [-0.3, -0.25) is 9.48 Å². The molecule has 1 aliphatic rings. The Balaban J connectivity index is 1.78. The number of nitrogens with zero attached hydrogens (tertiary/aromatic N) is 3.